The number of hydrogen-bond donors (Lipinski definition) is 3. The van der Waals surface area contributed by atoms with Gasteiger partial charge >= 0.3 is 5.97 Å². The molecule has 0 unspecified atom stereocenters. The van der Waals surface area contributed by atoms with Gasteiger partial charge in [0.05, 0.1) is 12.1 Å². The van der Waals surface area contributed by atoms with Crippen molar-refractivity contribution in [2.45, 2.75) is 42.5 Å². The van der Waals surface area contributed by atoms with Gasteiger partial charge in [0.2, 0.25) is 10.0 Å². The zero-order valence-electron chi connectivity index (χ0n) is 11.9. The SMILES string of the molecule is CNS(=O)(=O)c1ccccc1NC1(CC(=O)O)CCCC1. The van der Waals surface area contributed by atoms with E-state index in [2.05, 4.69) is 10.0 Å². The summed E-state index contributed by atoms with van der Waals surface area (Å²) in [5.41, 5.74) is -0.111. The van der Waals surface area contributed by atoms with Gasteiger partial charge in [-0.15, -0.1) is 0 Å². The Morgan fingerprint density at radius 2 is 1.90 bits per heavy atom. The number of benzene rings is 1. The van der Waals surface area contributed by atoms with Gasteiger partial charge in [-0.2, -0.15) is 0 Å². The number of carbonyl (C=O) groups is 1. The largest absolute Gasteiger partial charge is 0.481 e. The van der Waals surface area contributed by atoms with E-state index in [1.807, 2.05) is 0 Å². The molecule has 0 saturated heterocycles. The van der Waals surface area contributed by atoms with Gasteiger partial charge in [0.15, 0.2) is 0 Å². The molecule has 21 heavy (non-hydrogen) atoms. The summed E-state index contributed by atoms with van der Waals surface area (Å²) in [4.78, 5) is 11.3. The van der Waals surface area contributed by atoms with Crippen molar-refractivity contribution in [1.82, 2.24) is 4.72 Å². The van der Waals surface area contributed by atoms with E-state index in [1.165, 1.54) is 13.1 Å². The molecule has 6 nitrogen and oxygen atoms in total. The van der Waals surface area contributed by atoms with Crippen molar-refractivity contribution in [1.29, 1.82) is 0 Å². The monoisotopic (exact) mass is 312 g/mol. The molecule has 1 aliphatic rings. The van der Waals surface area contributed by atoms with Gasteiger partial charge in [-0.1, -0.05) is 25.0 Å². The number of para-hydroxylation sites is 1. The van der Waals surface area contributed by atoms with Gasteiger partial charge in [0, 0.05) is 5.54 Å². The maximum Gasteiger partial charge on any atom is 0.305 e. The molecule has 116 valence electrons. The second-order valence-electron chi connectivity index (χ2n) is 5.39. The maximum atomic E-state index is 12.1. The number of rotatable bonds is 6. The van der Waals surface area contributed by atoms with Crippen LogP contribution in [0.4, 0.5) is 5.69 Å². The van der Waals surface area contributed by atoms with E-state index in [1.54, 1.807) is 18.2 Å². The van der Waals surface area contributed by atoms with E-state index >= 15 is 0 Å². The van der Waals surface area contributed by atoms with Crippen LogP contribution >= 0.6 is 0 Å². The fourth-order valence-corrected chi connectivity index (χ4v) is 3.77. The molecule has 1 fully saturated rings. The highest BCUT2D eigenvalue weighted by molar-refractivity contribution is 7.89. The highest BCUT2D eigenvalue weighted by Crippen LogP contribution is 2.37. The van der Waals surface area contributed by atoms with Crippen molar-refractivity contribution in [2.24, 2.45) is 0 Å². The first-order valence-corrected chi connectivity index (χ1v) is 8.39. The van der Waals surface area contributed by atoms with Crippen LogP contribution in [0.3, 0.4) is 0 Å². The third-order valence-corrected chi connectivity index (χ3v) is 5.37. The van der Waals surface area contributed by atoms with Gasteiger partial charge in [-0.25, -0.2) is 13.1 Å². The summed E-state index contributed by atoms with van der Waals surface area (Å²) in [5, 5.41) is 12.3. The summed E-state index contributed by atoms with van der Waals surface area (Å²) in [6.45, 7) is 0. The minimum Gasteiger partial charge on any atom is -0.481 e. The maximum absolute atomic E-state index is 12.1. The average Bonchev–Trinajstić information content (AvgIpc) is 2.86. The smallest absolute Gasteiger partial charge is 0.305 e. The number of hydrogen-bond acceptors (Lipinski definition) is 4. The summed E-state index contributed by atoms with van der Waals surface area (Å²) < 4.78 is 26.4. The summed E-state index contributed by atoms with van der Waals surface area (Å²) in [5.74, 6) is -0.877. The van der Waals surface area contributed by atoms with Crippen molar-refractivity contribution >= 4 is 21.7 Å². The number of sulfonamides is 1. The van der Waals surface area contributed by atoms with Gasteiger partial charge in [0.1, 0.15) is 4.90 Å². The third-order valence-electron chi connectivity index (χ3n) is 3.90. The number of nitrogens with one attached hydrogen (secondary N) is 2. The van der Waals surface area contributed by atoms with Crippen LogP contribution in [-0.2, 0) is 14.8 Å². The van der Waals surface area contributed by atoms with E-state index in [9.17, 15) is 13.2 Å². The predicted octanol–water partition coefficient (Wildman–Crippen LogP) is 1.79. The predicted molar refractivity (Wildman–Crippen MR) is 79.8 cm³/mol. The molecule has 0 amide bonds. The van der Waals surface area contributed by atoms with E-state index < -0.39 is 21.5 Å². The Bertz CT molecular complexity index is 622. The van der Waals surface area contributed by atoms with Gasteiger partial charge in [0.25, 0.3) is 0 Å². The van der Waals surface area contributed by atoms with Gasteiger partial charge in [-0.05, 0) is 32.0 Å². The van der Waals surface area contributed by atoms with Crippen LogP contribution in [0.2, 0.25) is 0 Å². The van der Waals surface area contributed by atoms with E-state index in [0.29, 0.717) is 5.69 Å². The average molecular weight is 312 g/mol. The molecule has 0 atom stereocenters. The molecule has 2 rings (SSSR count). The molecule has 3 N–H and O–H groups in total. The number of aliphatic carboxylic acids is 1. The van der Waals surface area contributed by atoms with Crippen molar-refractivity contribution in [3.8, 4) is 0 Å². The number of carboxylic acids is 1. The fraction of sp³-hybridized carbons (Fsp3) is 0.500. The van der Waals surface area contributed by atoms with Crippen molar-refractivity contribution in [3.63, 3.8) is 0 Å². The molecule has 0 aromatic heterocycles. The first kappa shape index (κ1) is 15.8. The lowest BCUT2D eigenvalue weighted by Gasteiger charge is -2.30. The van der Waals surface area contributed by atoms with Crippen molar-refractivity contribution in [2.75, 3.05) is 12.4 Å². The molecule has 1 aliphatic carbocycles. The minimum absolute atomic E-state index is 0.0130. The summed E-state index contributed by atoms with van der Waals surface area (Å²) >= 11 is 0. The lowest BCUT2D eigenvalue weighted by Crippen LogP contribution is -2.38. The molecular weight excluding hydrogens is 292 g/mol. The molecule has 0 radical (unpaired) electrons. The first-order valence-electron chi connectivity index (χ1n) is 6.91. The summed E-state index contributed by atoms with van der Waals surface area (Å²) in [7, 11) is -2.23. The quantitative estimate of drug-likeness (QED) is 0.744. The molecule has 0 spiro atoms. The van der Waals surface area contributed by atoms with Crippen LogP contribution in [0.5, 0.6) is 0 Å². The van der Waals surface area contributed by atoms with Crippen LogP contribution in [0.1, 0.15) is 32.1 Å². The Kier molecular flexibility index (Phi) is 4.53. The molecule has 1 aromatic rings. The number of carboxylic acid groups (broad SMARTS) is 1. The second-order valence-corrected chi connectivity index (χ2v) is 7.24. The zero-order valence-corrected chi connectivity index (χ0v) is 12.7. The molecule has 7 heteroatoms. The van der Waals surface area contributed by atoms with Crippen molar-refractivity contribution < 1.29 is 18.3 Å². The lowest BCUT2D eigenvalue weighted by atomic mass is 9.93. The van der Waals surface area contributed by atoms with Crippen molar-refractivity contribution in [3.05, 3.63) is 24.3 Å². The third kappa shape index (κ3) is 3.54. The molecule has 1 saturated carbocycles. The van der Waals surface area contributed by atoms with Crippen LogP contribution in [0, 0.1) is 0 Å². The highest BCUT2D eigenvalue weighted by atomic mass is 32.2. The van der Waals surface area contributed by atoms with Gasteiger partial charge < -0.3 is 10.4 Å². The molecule has 0 bridgehead atoms. The summed E-state index contributed by atoms with van der Waals surface area (Å²) in [6.07, 6.45) is 3.34. The molecule has 0 aliphatic heterocycles. The Hall–Kier alpha value is -1.60. The van der Waals surface area contributed by atoms with Crippen LogP contribution in [-0.4, -0.2) is 32.1 Å². The van der Waals surface area contributed by atoms with E-state index in [4.69, 9.17) is 5.11 Å². The molecule has 0 heterocycles. The Morgan fingerprint density at radius 3 is 2.48 bits per heavy atom. The normalized spacial score (nSPS) is 17.6. The summed E-state index contributed by atoms with van der Waals surface area (Å²) in [6, 6.07) is 6.57. The Labute approximate surface area is 124 Å². The fourth-order valence-electron chi connectivity index (χ4n) is 2.89. The Morgan fingerprint density at radius 1 is 1.29 bits per heavy atom. The number of anilines is 1. The van der Waals surface area contributed by atoms with Crippen LogP contribution < -0.4 is 10.0 Å². The second kappa shape index (κ2) is 6.03. The topological polar surface area (TPSA) is 95.5 Å². The van der Waals surface area contributed by atoms with Crippen LogP contribution in [0.15, 0.2) is 29.2 Å². The standard InChI is InChI=1S/C14H20N2O4S/c1-15-21(19,20)12-7-3-2-6-11(12)16-14(10-13(17)18)8-4-5-9-14/h2-3,6-7,15-16H,4-5,8-10H2,1H3,(H,17,18). The molecular formula is C14H20N2O4S. The lowest BCUT2D eigenvalue weighted by molar-refractivity contribution is -0.138. The van der Waals surface area contributed by atoms with E-state index in [0.717, 1.165) is 25.7 Å². The Balaban J connectivity index is 2.36. The highest BCUT2D eigenvalue weighted by Gasteiger charge is 2.37. The van der Waals surface area contributed by atoms with Gasteiger partial charge in [-0.3, -0.25) is 4.79 Å². The zero-order chi connectivity index (χ0) is 15.5. The molecule has 1 aromatic carbocycles. The van der Waals surface area contributed by atoms with Crippen LogP contribution in [0.25, 0.3) is 0 Å². The first-order chi connectivity index (χ1) is 9.88. The van der Waals surface area contributed by atoms with E-state index in [-0.39, 0.29) is 11.3 Å². The minimum atomic E-state index is -3.59.